The van der Waals surface area contributed by atoms with E-state index in [0.29, 0.717) is 18.0 Å². The zero-order valence-corrected chi connectivity index (χ0v) is 9.80. The maximum atomic E-state index is 10.9. The Morgan fingerprint density at radius 2 is 2.18 bits per heavy atom. The number of nitrogens with two attached hydrogens (primary N) is 2. The first-order valence-electron chi connectivity index (χ1n) is 5.89. The van der Waals surface area contributed by atoms with E-state index in [1.165, 1.54) is 0 Å². The summed E-state index contributed by atoms with van der Waals surface area (Å²) < 4.78 is 0. The molecule has 5 nitrogen and oxygen atoms in total. The second-order valence-corrected chi connectivity index (χ2v) is 4.54. The van der Waals surface area contributed by atoms with E-state index in [1.54, 1.807) is 12.4 Å². The molecule has 0 atom stereocenters. The number of aromatic nitrogens is 1. The summed E-state index contributed by atoms with van der Waals surface area (Å²) in [5.41, 5.74) is 12.8. The Morgan fingerprint density at radius 1 is 1.47 bits per heavy atom. The highest BCUT2D eigenvalue weighted by molar-refractivity contribution is 5.74. The van der Waals surface area contributed by atoms with Crippen molar-refractivity contribution in [3.63, 3.8) is 0 Å². The van der Waals surface area contributed by atoms with E-state index in [2.05, 4.69) is 9.88 Å². The maximum absolute atomic E-state index is 10.9. The lowest BCUT2D eigenvalue weighted by Gasteiger charge is -2.33. The van der Waals surface area contributed by atoms with Gasteiger partial charge in [0.05, 0.1) is 17.6 Å². The second kappa shape index (κ2) is 5.03. The first kappa shape index (κ1) is 11.7. The lowest BCUT2D eigenvalue weighted by Crippen LogP contribution is -2.35. The van der Waals surface area contributed by atoms with Gasteiger partial charge in [0.25, 0.3) is 0 Å². The average Bonchev–Trinajstić information content (AvgIpc) is 2.30. The molecule has 5 heteroatoms. The van der Waals surface area contributed by atoms with Crippen molar-refractivity contribution in [2.75, 3.05) is 23.7 Å². The second-order valence-electron chi connectivity index (χ2n) is 4.54. The molecule has 1 saturated heterocycles. The highest BCUT2D eigenvalue weighted by Crippen LogP contribution is 2.28. The Bertz CT molecular complexity index is 399. The molecular formula is C12H18N4O. The van der Waals surface area contributed by atoms with E-state index in [4.69, 9.17) is 11.5 Å². The molecule has 0 bridgehead atoms. The van der Waals surface area contributed by atoms with E-state index in [9.17, 15) is 4.79 Å². The summed E-state index contributed by atoms with van der Waals surface area (Å²) in [5.74, 6) is 0.221. The van der Waals surface area contributed by atoms with Crippen LogP contribution in [-0.2, 0) is 4.79 Å². The van der Waals surface area contributed by atoms with Crippen LogP contribution in [0.4, 0.5) is 11.4 Å². The topological polar surface area (TPSA) is 85.2 Å². The van der Waals surface area contributed by atoms with E-state index >= 15 is 0 Å². The number of hydrogen-bond acceptors (Lipinski definition) is 4. The van der Waals surface area contributed by atoms with Crippen LogP contribution in [0.15, 0.2) is 18.5 Å². The largest absolute Gasteiger partial charge is 0.396 e. The van der Waals surface area contributed by atoms with Gasteiger partial charge in [0, 0.05) is 25.7 Å². The Labute approximate surface area is 101 Å². The summed E-state index contributed by atoms with van der Waals surface area (Å²) >= 11 is 0. The smallest absolute Gasteiger partial charge is 0.217 e. The van der Waals surface area contributed by atoms with Gasteiger partial charge in [-0.25, -0.2) is 0 Å². The number of carbonyl (C=O) groups is 1. The number of rotatable bonds is 3. The van der Waals surface area contributed by atoms with Crippen LogP contribution in [0.25, 0.3) is 0 Å². The molecule has 17 heavy (non-hydrogen) atoms. The number of pyridine rings is 1. The summed E-state index contributed by atoms with van der Waals surface area (Å²) in [6, 6.07) is 1.93. The van der Waals surface area contributed by atoms with Gasteiger partial charge in [-0.15, -0.1) is 0 Å². The number of carbonyl (C=O) groups excluding carboxylic acids is 1. The standard InChI is InChI=1S/C12H18N4O/c13-10-8-15-4-1-11(10)16-5-2-9(3-6-16)7-12(14)17/h1,4,8-9H,2-3,5-7,13H2,(H2,14,17). The minimum absolute atomic E-state index is 0.202. The fourth-order valence-corrected chi connectivity index (χ4v) is 2.35. The van der Waals surface area contributed by atoms with Crippen LogP contribution in [0.2, 0.25) is 0 Å². The highest BCUT2D eigenvalue weighted by Gasteiger charge is 2.21. The predicted molar refractivity (Wildman–Crippen MR) is 67.4 cm³/mol. The van der Waals surface area contributed by atoms with Gasteiger partial charge in [-0.3, -0.25) is 9.78 Å². The van der Waals surface area contributed by atoms with Gasteiger partial charge in [-0.05, 0) is 24.8 Å². The van der Waals surface area contributed by atoms with Crippen LogP contribution >= 0.6 is 0 Å². The molecule has 0 aromatic carbocycles. The van der Waals surface area contributed by atoms with Crippen LogP contribution in [0, 0.1) is 5.92 Å². The minimum Gasteiger partial charge on any atom is -0.396 e. The lowest BCUT2D eigenvalue weighted by molar-refractivity contribution is -0.119. The number of amides is 1. The van der Waals surface area contributed by atoms with Crippen LogP contribution in [0.5, 0.6) is 0 Å². The van der Waals surface area contributed by atoms with Gasteiger partial charge >= 0.3 is 0 Å². The van der Waals surface area contributed by atoms with E-state index in [-0.39, 0.29) is 5.91 Å². The molecule has 0 radical (unpaired) electrons. The molecule has 2 heterocycles. The number of piperidine rings is 1. The van der Waals surface area contributed by atoms with Gasteiger partial charge < -0.3 is 16.4 Å². The monoisotopic (exact) mass is 234 g/mol. The van der Waals surface area contributed by atoms with Crippen molar-refractivity contribution < 1.29 is 4.79 Å². The Kier molecular flexibility index (Phi) is 3.46. The predicted octanol–water partition coefficient (Wildman–Crippen LogP) is 0.756. The molecule has 92 valence electrons. The van der Waals surface area contributed by atoms with Crippen LogP contribution in [0.3, 0.4) is 0 Å². The lowest BCUT2D eigenvalue weighted by atomic mass is 9.93. The molecule has 0 aliphatic carbocycles. The molecule has 0 spiro atoms. The van der Waals surface area contributed by atoms with E-state index < -0.39 is 0 Å². The van der Waals surface area contributed by atoms with Crippen LogP contribution in [0.1, 0.15) is 19.3 Å². The summed E-state index contributed by atoms with van der Waals surface area (Å²) in [7, 11) is 0. The molecule has 1 aliphatic heterocycles. The third kappa shape index (κ3) is 2.87. The Morgan fingerprint density at radius 3 is 2.76 bits per heavy atom. The molecule has 1 amide bonds. The zero-order valence-electron chi connectivity index (χ0n) is 9.80. The summed E-state index contributed by atoms with van der Waals surface area (Å²) in [6.07, 6.45) is 5.90. The third-order valence-corrected chi connectivity index (χ3v) is 3.27. The molecule has 1 aromatic heterocycles. The van der Waals surface area contributed by atoms with Crippen molar-refractivity contribution in [1.29, 1.82) is 0 Å². The number of hydrogen-bond donors (Lipinski definition) is 2. The molecule has 2 rings (SSSR count). The van der Waals surface area contributed by atoms with Crippen LogP contribution in [-0.4, -0.2) is 24.0 Å². The summed E-state index contributed by atoms with van der Waals surface area (Å²) in [5, 5.41) is 0. The Hall–Kier alpha value is -1.78. The van der Waals surface area contributed by atoms with Crippen molar-refractivity contribution in [1.82, 2.24) is 4.98 Å². The first-order valence-corrected chi connectivity index (χ1v) is 5.89. The van der Waals surface area contributed by atoms with Crippen molar-refractivity contribution in [2.24, 2.45) is 11.7 Å². The van der Waals surface area contributed by atoms with Crippen LogP contribution < -0.4 is 16.4 Å². The SMILES string of the molecule is NC(=O)CC1CCN(c2ccncc2N)CC1. The summed E-state index contributed by atoms with van der Waals surface area (Å²) in [4.78, 5) is 17.1. The number of nitrogens with zero attached hydrogens (tertiary/aromatic N) is 2. The van der Waals surface area contributed by atoms with Gasteiger partial charge in [0.2, 0.25) is 5.91 Å². The highest BCUT2D eigenvalue weighted by atomic mass is 16.1. The fourth-order valence-electron chi connectivity index (χ4n) is 2.35. The fraction of sp³-hybridized carbons (Fsp3) is 0.500. The molecule has 0 saturated carbocycles. The molecular weight excluding hydrogens is 216 g/mol. The number of primary amides is 1. The van der Waals surface area contributed by atoms with Gasteiger partial charge in [-0.1, -0.05) is 0 Å². The Balaban J connectivity index is 1.95. The average molecular weight is 234 g/mol. The molecule has 1 fully saturated rings. The van der Waals surface area contributed by atoms with Crippen molar-refractivity contribution >= 4 is 17.3 Å². The summed E-state index contributed by atoms with van der Waals surface area (Å²) in [6.45, 7) is 1.85. The van der Waals surface area contributed by atoms with Gasteiger partial charge in [-0.2, -0.15) is 0 Å². The maximum Gasteiger partial charge on any atom is 0.217 e. The normalized spacial score (nSPS) is 17.1. The van der Waals surface area contributed by atoms with Gasteiger partial charge in [0.1, 0.15) is 0 Å². The number of anilines is 2. The van der Waals surface area contributed by atoms with Crippen molar-refractivity contribution in [2.45, 2.75) is 19.3 Å². The van der Waals surface area contributed by atoms with E-state index in [1.807, 2.05) is 6.07 Å². The molecule has 1 aliphatic rings. The van der Waals surface area contributed by atoms with Crippen molar-refractivity contribution in [3.8, 4) is 0 Å². The minimum atomic E-state index is -0.202. The van der Waals surface area contributed by atoms with E-state index in [0.717, 1.165) is 31.6 Å². The third-order valence-electron chi connectivity index (χ3n) is 3.27. The molecule has 4 N–H and O–H groups in total. The zero-order chi connectivity index (χ0) is 12.3. The van der Waals surface area contributed by atoms with Gasteiger partial charge in [0.15, 0.2) is 0 Å². The van der Waals surface area contributed by atoms with Crippen molar-refractivity contribution in [3.05, 3.63) is 18.5 Å². The number of nitrogen functional groups attached to an aromatic ring is 1. The quantitative estimate of drug-likeness (QED) is 0.808. The molecule has 1 aromatic rings. The molecule has 0 unspecified atom stereocenters. The first-order chi connectivity index (χ1) is 8.16.